The van der Waals surface area contributed by atoms with Crippen LogP contribution in [-0.4, -0.2) is 32.0 Å². The van der Waals surface area contributed by atoms with Crippen molar-refractivity contribution < 1.29 is 9.53 Å². The van der Waals surface area contributed by atoms with Gasteiger partial charge < -0.3 is 15.0 Å². The first-order chi connectivity index (χ1) is 12.5. The lowest BCUT2D eigenvalue weighted by molar-refractivity contribution is 0.104. The van der Waals surface area contributed by atoms with E-state index in [1.165, 1.54) is 11.3 Å². The molecule has 134 valence electrons. The first kappa shape index (κ1) is 18.2. The third-order valence-electron chi connectivity index (χ3n) is 3.69. The second-order valence-corrected chi connectivity index (χ2v) is 7.19. The first-order valence-electron chi connectivity index (χ1n) is 7.87. The third-order valence-corrected chi connectivity index (χ3v) is 4.90. The molecule has 0 aliphatic rings. The van der Waals surface area contributed by atoms with Gasteiger partial charge in [-0.15, -0.1) is 0 Å². The maximum atomic E-state index is 12.9. The highest BCUT2D eigenvalue weighted by Crippen LogP contribution is 2.33. The number of ketones is 1. The largest absolute Gasteiger partial charge is 0.497 e. The molecule has 0 radical (unpaired) electrons. The second kappa shape index (κ2) is 7.76. The number of nitrogens with one attached hydrogen (secondary N) is 1. The fourth-order valence-electron chi connectivity index (χ4n) is 2.35. The number of hydrogen-bond acceptors (Lipinski definition) is 6. The number of rotatable bonds is 6. The number of methoxy groups -OCH3 is 1. The molecule has 0 amide bonds. The summed E-state index contributed by atoms with van der Waals surface area (Å²) in [5.41, 5.74) is 1.45. The summed E-state index contributed by atoms with van der Waals surface area (Å²) in [5.74, 6) is 1.33. The van der Waals surface area contributed by atoms with Crippen molar-refractivity contribution in [3.8, 4) is 5.75 Å². The summed E-state index contributed by atoms with van der Waals surface area (Å²) in [4.78, 5) is 19.9. The summed E-state index contributed by atoms with van der Waals surface area (Å²) < 4.78 is 5.16. The normalized spacial score (nSPS) is 10.5. The van der Waals surface area contributed by atoms with Gasteiger partial charge in [-0.2, -0.15) is 0 Å². The summed E-state index contributed by atoms with van der Waals surface area (Å²) in [5, 5.41) is 4.49. The highest BCUT2D eigenvalue weighted by molar-refractivity contribution is 7.18. The van der Waals surface area contributed by atoms with Crippen molar-refractivity contribution in [2.45, 2.75) is 0 Å². The highest BCUT2D eigenvalue weighted by atomic mass is 35.5. The van der Waals surface area contributed by atoms with Crippen LogP contribution in [0, 0.1) is 0 Å². The topological polar surface area (TPSA) is 54.5 Å². The van der Waals surface area contributed by atoms with Crippen LogP contribution in [0.5, 0.6) is 5.75 Å². The number of anilines is 3. The Morgan fingerprint density at radius 2 is 1.77 bits per heavy atom. The third kappa shape index (κ3) is 3.98. The van der Waals surface area contributed by atoms with Crippen molar-refractivity contribution in [1.29, 1.82) is 0 Å². The van der Waals surface area contributed by atoms with Gasteiger partial charge in [-0.1, -0.05) is 22.9 Å². The number of benzene rings is 2. The number of carbonyl (C=O) groups excluding carboxylic acids is 1. The number of carbonyl (C=O) groups is 1. The summed E-state index contributed by atoms with van der Waals surface area (Å²) in [6.45, 7) is 0. The Bertz CT molecular complexity index is 906. The van der Waals surface area contributed by atoms with Crippen LogP contribution in [0.4, 0.5) is 16.6 Å². The molecule has 7 heteroatoms. The Hall–Kier alpha value is -2.57. The zero-order chi connectivity index (χ0) is 18.7. The van der Waals surface area contributed by atoms with E-state index in [1.807, 2.05) is 43.3 Å². The van der Waals surface area contributed by atoms with E-state index in [4.69, 9.17) is 16.3 Å². The monoisotopic (exact) mass is 387 g/mol. The molecule has 0 aliphatic carbocycles. The highest BCUT2D eigenvalue weighted by Gasteiger charge is 2.21. The quantitative estimate of drug-likeness (QED) is 0.613. The molecule has 1 heterocycles. The van der Waals surface area contributed by atoms with E-state index in [-0.39, 0.29) is 5.78 Å². The SMILES string of the molecule is COc1ccc(Nc2nc(N(C)C)c(C(=O)c3ccc(Cl)cc3)s2)cc1. The van der Waals surface area contributed by atoms with Crippen molar-refractivity contribution in [2.75, 3.05) is 31.4 Å². The molecule has 0 saturated carbocycles. The summed E-state index contributed by atoms with van der Waals surface area (Å²) >= 11 is 7.23. The Morgan fingerprint density at radius 1 is 1.12 bits per heavy atom. The van der Waals surface area contributed by atoms with Crippen LogP contribution in [0.25, 0.3) is 0 Å². The Balaban J connectivity index is 1.90. The van der Waals surface area contributed by atoms with Gasteiger partial charge in [-0.05, 0) is 48.5 Å². The van der Waals surface area contributed by atoms with Gasteiger partial charge in [-0.25, -0.2) is 4.98 Å². The van der Waals surface area contributed by atoms with Gasteiger partial charge in [-0.3, -0.25) is 4.79 Å². The Labute approximate surface area is 161 Å². The van der Waals surface area contributed by atoms with E-state index in [1.54, 1.807) is 31.4 Å². The maximum absolute atomic E-state index is 12.9. The lowest BCUT2D eigenvalue weighted by atomic mass is 10.1. The molecule has 3 aromatic rings. The minimum atomic E-state index is -0.0781. The molecule has 0 saturated heterocycles. The van der Waals surface area contributed by atoms with Crippen LogP contribution < -0.4 is 15.0 Å². The van der Waals surface area contributed by atoms with Crippen molar-refractivity contribution >= 4 is 45.4 Å². The molecule has 5 nitrogen and oxygen atoms in total. The van der Waals surface area contributed by atoms with Gasteiger partial charge in [0.05, 0.1) is 7.11 Å². The number of nitrogens with zero attached hydrogens (tertiary/aromatic N) is 2. The van der Waals surface area contributed by atoms with Gasteiger partial charge in [0.25, 0.3) is 0 Å². The van der Waals surface area contributed by atoms with E-state index >= 15 is 0 Å². The smallest absolute Gasteiger partial charge is 0.206 e. The van der Waals surface area contributed by atoms with Crippen LogP contribution in [0.1, 0.15) is 15.2 Å². The molecule has 0 aliphatic heterocycles. The zero-order valence-electron chi connectivity index (χ0n) is 14.6. The minimum Gasteiger partial charge on any atom is -0.497 e. The second-order valence-electron chi connectivity index (χ2n) is 5.76. The van der Waals surface area contributed by atoms with E-state index in [9.17, 15) is 4.79 Å². The van der Waals surface area contributed by atoms with E-state index < -0.39 is 0 Å². The summed E-state index contributed by atoms with van der Waals surface area (Å²) in [7, 11) is 5.36. The standard InChI is InChI=1S/C19H18ClN3O2S/c1-23(2)18-17(16(24)12-4-6-13(20)7-5-12)26-19(22-18)21-14-8-10-15(25-3)11-9-14/h4-11H,1-3H3,(H,21,22). The Kier molecular flexibility index (Phi) is 5.44. The number of halogens is 1. The molecule has 0 fully saturated rings. The first-order valence-corrected chi connectivity index (χ1v) is 9.07. The van der Waals surface area contributed by atoms with Gasteiger partial charge >= 0.3 is 0 Å². The number of thiazole rings is 1. The van der Waals surface area contributed by atoms with Crippen LogP contribution in [0.15, 0.2) is 48.5 Å². The molecular formula is C19H18ClN3O2S. The van der Waals surface area contributed by atoms with Crippen LogP contribution in [0.3, 0.4) is 0 Å². The summed E-state index contributed by atoms with van der Waals surface area (Å²) in [6, 6.07) is 14.4. The lowest BCUT2D eigenvalue weighted by Crippen LogP contribution is -2.13. The molecule has 1 aromatic heterocycles. The van der Waals surface area contributed by atoms with E-state index in [0.717, 1.165) is 11.4 Å². The zero-order valence-corrected chi connectivity index (χ0v) is 16.2. The van der Waals surface area contributed by atoms with Crippen molar-refractivity contribution in [3.05, 3.63) is 64.0 Å². The predicted octanol–water partition coefficient (Wildman–Crippen LogP) is 4.85. The average Bonchev–Trinajstić information content (AvgIpc) is 3.06. The van der Waals surface area contributed by atoms with Crippen molar-refractivity contribution in [1.82, 2.24) is 4.98 Å². The molecule has 0 atom stereocenters. The summed E-state index contributed by atoms with van der Waals surface area (Å²) in [6.07, 6.45) is 0. The number of hydrogen-bond donors (Lipinski definition) is 1. The Morgan fingerprint density at radius 3 is 2.35 bits per heavy atom. The number of aromatic nitrogens is 1. The molecule has 3 rings (SSSR count). The average molecular weight is 388 g/mol. The molecule has 0 bridgehead atoms. The van der Waals surface area contributed by atoms with Crippen molar-refractivity contribution in [3.63, 3.8) is 0 Å². The number of ether oxygens (including phenoxy) is 1. The maximum Gasteiger partial charge on any atom is 0.206 e. The van der Waals surface area contributed by atoms with Crippen molar-refractivity contribution in [2.24, 2.45) is 0 Å². The van der Waals surface area contributed by atoms with Gasteiger partial charge in [0, 0.05) is 30.4 Å². The van der Waals surface area contributed by atoms with E-state index in [2.05, 4.69) is 10.3 Å². The minimum absolute atomic E-state index is 0.0781. The molecule has 0 spiro atoms. The van der Waals surface area contributed by atoms with Gasteiger partial charge in [0.2, 0.25) is 5.78 Å². The van der Waals surface area contributed by atoms with Crippen LogP contribution in [0.2, 0.25) is 5.02 Å². The molecule has 26 heavy (non-hydrogen) atoms. The van der Waals surface area contributed by atoms with Crippen LogP contribution in [-0.2, 0) is 0 Å². The molecule has 2 aromatic carbocycles. The predicted molar refractivity (Wildman–Crippen MR) is 108 cm³/mol. The molecule has 1 N–H and O–H groups in total. The fourth-order valence-corrected chi connectivity index (χ4v) is 3.50. The fraction of sp³-hybridized carbons (Fsp3) is 0.158. The molecular weight excluding hydrogens is 370 g/mol. The lowest BCUT2D eigenvalue weighted by Gasteiger charge is -2.10. The van der Waals surface area contributed by atoms with Crippen LogP contribution >= 0.6 is 22.9 Å². The molecule has 0 unspecified atom stereocenters. The van der Waals surface area contributed by atoms with Gasteiger partial charge in [0.15, 0.2) is 10.9 Å². The van der Waals surface area contributed by atoms with Gasteiger partial charge in [0.1, 0.15) is 10.6 Å². The van der Waals surface area contributed by atoms with E-state index in [0.29, 0.717) is 26.4 Å².